The molecule has 1 saturated heterocycles. The van der Waals surface area contributed by atoms with Crippen LogP contribution in [0.25, 0.3) is 11.0 Å². The molecular formula is C21H22FN3O3. The molecule has 0 saturated carbocycles. The van der Waals surface area contributed by atoms with Crippen molar-refractivity contribution in [1.82, 2.24) is 14.9 Å². The maximum Gasteiger partial charge on any atom is 0.231 e. The lowest BCUT2D eigenvalue weighted by molar-refractivity contribution is 0.00863. The van der Waals surface area contributed by atoms with Gasteiger partial charge in [0.25, 0.3) is 0 Å². The maximum absolute atomic E-state index is 14.5. The average Bonchev–Trinajstić information content (AvgIpc) is 3.37. The Kier molecular flexibility index (Phi) is 4.41. The van der Waals surface area contributed by atoms with E-state index in [0.29, 0.717) is 19.6 Å². The molecule has 0 bridgehead atoms. The quantitative estimate of drug-likeness (QED) is 0.732. The summed E-state index contributed by atoms with van der Waals surface area (Å²) in [6.07, 6.45) is -1.47. The standard InChI is InChI=1S/C21H22FN3O3/c1-13-2-4-16-17(6-13)24-21(23-16)11-26-20-10-25(9-15(20)22)8-14-3-5-18-19(7-14)28-12-27-18/h2-7,15,20H,8-12H2,1H3,(H,23,24). The monoisotopic (exact) mass is 383 g/mol. The number of imidazole rings is 1. The van der Waals surface area contributed by atoms with Gasteiger partial charge in [0.1, 0.15) is 24.7 Å². The second-order valence-corrected chi connectivity index (χ2v) is 7.45. The first-order valence-electron chi connectivity index (χ1n) is 9.46. The fourth-order valence-corrected chi connectivity index (χ4v) is 3.82. The van der Waals surface area contributed by atoms with Crippen LogP contribution in [0.4, 0.5) is 4.39 Å². The summed E-state index contributed by atoms with van der Waals surface area (Å²) in [7, 11) is 0. The van der Waals surface area contributed by atoms with Crippen molar-refractivity contribution in [3.05, 3.63) is 53.3 Å². The zero-order chi connectivity index (χ0) is 19.1. The van der Waals surface area contributed by atoms with Crippen molar-refractivity contribution in [2.45, 2.75) is 32.4 Å². The van der Waals surface area contributed by atoms with E-state index in [9.17, 15) is 4.39 Å². The number of hydrogen-bond acceptors (Lipinski definition) is 5. The fraction of sp³-hybridized carbons (Fsp3) is 0.381. The first-order valence-corrected chi connectivity index (χ1v) is 9.46. The number of likely N-dealkylation sites (tertiary alicyclic amines) is 1. The van der Waals surface area contributed by atoms with Crippen LogP contribution in [0.1, 0.15) is 17.0 Å². The molecular weight excluding hydrogens is 361 g/mol. The predicted molar refractivity (Wildman–Crippen MR) is 102 cm³/mol. The number of aryl methyl sites for hydroxylation is 1. The summed E-state index contributed by atoms with van der Waals surface area (Å²) in [5, 5.41) is 0. The first kappa shape index (κ1) is 17.5. The van der Waals surface area contributed by atoms with Crippen LogP contribution in [0.2, 0.25) is 0 Å². The highest BCUT2D eigenvalue weighted by molar-refractivity contribution is 5.75. The smallest absolute Gasteiger partial charge is 0.231 e. The fourth-order valence-electron chi connectivity index (χ4n) is 3.82. The minimum Gasteiger partial charge on any atom is -0.454 e. The number of aromatic amines is 1. The zero-order valence-corrected chi connectivity index (χ0v) is 15.7. The number of rotatable bonds is 5. The Bertz CT molecular complexity index is 1010. The lowest BCUT2D eigenvalue weighted by atomic mass is 10.2. The van der Waals surface area contributed by atoms with Gasteiger partial charge in [0.05, 0.1) is 11.0 Å². The van der Waals surface area contributed by atoms with Crippen molar-refractivity contribution in [2.24, 2.45) is 0 Å². The average molecular weight is 383 g/mol. The summed E-state index contributed by atoms with van der Waals surface area (Å²) in [4.78, 5) is 9.83. The van der Waals surface area contributed by atoms with E-state index >= 15 is 0 Å². The van der Waals surface area contributed by atoms with E-state index in [4.69, 9.17) is 14.2 Å². The number of benzene rings is 2. The molecule has 2 aliphatic rings. The molecule has 7 heteroatoms. The molecule has 28 heavy (non-hydrogen) atoms. The maximum atomic E-state index is 14.5. The van der Waals surface area contributed by atoms with E-state index in [1.807, 2.05) is 43.3 Å². The summed E-state index contributed by atoms with van der Waals surface area (Å²) in [6, 6.07) is 11.9. The SMILES string of the molecule is Cc1ccc2nc(COC3CN(Cc4ccc5c(c4)OCO5)CC3F)[nH]c2c1. The van der Waals surface area contributed by atoms with Crippen molar-refractivity contribution in [3.63, 3.8) is 0 Å². The Labute approximate surface area is 162 Å². The van der Waals surface area contributed by atoms with Gasteiger partial charge in [-0.05, 0) is 42.3 Å². The molecule has 0 spiro atoms. The molecule has 3 aromatic rings. The van der Waals surface area contributed by atoms with Crippen LogP contribution in [-0.4, -0.2) is 47.0 Å². The molecule has 1 N–H and O–H groups in total. The molecule has 0 radical (unpaired) electrons. The minimum atomic E-state index is -1.01. The van der Waals surface area contributed by atoms with E-state index in [1.165, 1.54) is 5.56 Å². The minimum absolute atomic E-state index is 0.256. The highest BCUT2D eigenvalue weighted by Crippen LogP contribution is 2.33. The molecule has 0 aliphatic carbocycles. The van der Waals surface area contributed by atoms with Crippen molar-refractivity contribution in [1.29, 1.82) is 0 Å². The van der Waals surface area contributed by atoms with Gasteiger partial charge in [0.2, 0.25) is 6.79 Å². The molecule has 146 valence electrons. The number of nitrogens with zero attached hydrogens (tertiary/aromatic N) is 2. The summed E-state index contributed by atoms with van der Waals surface area (Å²) in [6.45, 7) is 4.13. The van der Waals surface area contributed by atoms with E-state index in [0.717, 1.165) is 33.9 Å². The molecule has 3 heterocycles. The van der Waals surface area contributed by atoms with Gasteiger partial charge in [-0.3, -0.25) is 4.90 Å². The number of hydrogen-bond donors (Lipinski definition) is 1. The number of ether oxygens (including phenoxy) is 3. The number of H-pyrrole nitrogens is 1. The van der Waals surface area contributed by atoms with E-state index < -0.39 is 12.3 Å². The van der Waals surface area contributed by atoms with Crippen LogP contribution in [0.3, 0.4) is 0 Å². The Morgan fingerprint density at radius 1 is 1.18 bits per heavy atom. The third kappa shape index (κ3) is 3.43. The Hall–Kier alpha value is -2.64. The topological polar surface area (TPSA) is 59.6 Å². The Morgan fingerprint density at radius 2 is 2.07 bits per heavy atom. The van der Waals surface area contributed by atoms with Crippen molar-refractivity contribution < 1.29 is 18.6 Å². The van der Waals surface area contributed by atoms with Crippen molar-refractivity contribution in [3.8, 4) is 11.5 Å². The van der Waals surface area contributed by atoms with Crippen LogP contribution < -0.4 is 9.47 Å². The lowest BCUT2D eigenvalue weighted by Gasteiger charge is -2.16. The molecule has 5 rings (SSSR count). The van der Waals surface area contributed by atoms with Gasteiger partial charge in [-0.15, -0.1) is 0 Å². The molecule has 0 amide bonds. The van der Waals surface area contributed by atoms with Crippen molar-refractivity contribution >= 4 is 11.0 Å². The number of halogens is 1. The Morgan fingerprint density at radius 3 is 3.00 bits per heavy atom. The summed E-state index contributed by atoms with van der Waals surface area (Å²) < 4.78 is 31.1. The molecule has 1 aromatic heterocycles. The number of nitrogens with one attached hydrogen (secondary N) is 1. The van der Waals surface area contributed by atoms with Gasteiger partial charge < -0.3 is 19.2 Å². The van der Waals surface area contributed by atoms with Gasteiger partial charge >= 0.3 is 0 Å². The van der Waals surface area contributed by atoms with Crippen LogP contribution in [0.5, 0.6) is 11.5 Å². The van der Waals surface area contributed by atoms with Gasteiger partial charge in [-0.2, -0.15) is 0 Å². The van der Waals surface area contributed by atoms with E-state index in [1.54, 1.807) is 0 Å². The van der Waals surface area contributed by atoms with Crippen molar-refractivity contribution in [2.75, 3.05) is 19.9 Å². The van der Waals surface area contributed by atoms with Gasteiger partial charge in [0.15, 0.2) is 11.5 Å². The van der Waals surface area contributed by atoms with Crippen LogP contribution in [0.15, 0.2) is 36.4 Å². The lowest BCUT2D eigenvalue weighted by Crippen LogP contribution is -2.24. The summed E-state index contributed by atoms with van der Waals surface area (Å²) in [5.74, 6) is 2.24. The summed E-state index contributed by atoms with van der Waals surface area (Å²) in [5.41, 5.74) is 4.12. The predicted octanol–water partition coefficient (Wildman–Crippen LogP) is 3.34. The molecule has 6 nitrogen and oxygen atoms in total. The van der Waals surface area contributed by atoms with Crippen LogP contribution in [0, 0.1) is 6.92 Å². The number of alkyl halides is 1. The van der Waals surface area contributed by atoms with Crippen LogP contribution >= 0.6 is 0 Å². The molecule has 2 aliphatic heterocycles. The molecule has 2 aromatic carbocycles. The largest absolute Gasteiger partial charge is 0.454 e. The van der Waals surface area contributed by atoms with E-state index in [2.05, 4.69) is 14.9 Å². The van der Waals surface area contributed by atoms with Gasteiger partial charge in [0, 0.05) is 19.6 Å². The van der Waals surface area contributed by atoms with Gasteiger partial charge in [-0.1, -0.05) is 12.1 Å². The normalized spacial score (nSPS) is 21.6. The number of fused-ring (bicyclic) bond motifs is 2. The second-order valence-electron chi connectivity index (χ2n) is 7.45. The first-order chi connectivity index (χ1) is 13.6. The molecule has 2 unspecified atom stereocenters. The molecule has 2 atom stereocenters. The Balaban J connectivity index is 1.19. The molecule has 1 fully saturated rings. The van der Waals surface area contributed by atoms with Gasteiger partial charge in [-0.25, -0.2) is 9.37 Å². The third-order valence-electron chi connectivity index (χ3n) is 5.24. The zero-order valence-electron chi connectivity index (χ0n) is 15.7. The highest BCUT2D eigenvalue weighted by atomic mass is 19.1. The third-order valence-corrected chi connectivity index (χ3v) is 5.24. The second kappa shape index (κ2) is 7.07. The number of aromatic nitrogens is 2. The van der Waals surface area contributed by atoms with Crippen LogP contribution in [-0.2, 0) is 17.9 Å². The van der Waals surface area contributed by atoms with E-state index in [-0.39, 0.29) is 13.4 Å². The summed E-state index contributed by atoms with van der Waals surface area (Å²) >= 11 is 0. The highest BCUT2D eigenvalue weighted by Gasteiger charge is 2.34.